The van der Waals surface area contributed by atoms with Gasteiger partial charge in [0.15, 0.2) is 5.78 Å². The van der Waals surface area contributed by atoms with Crippen molar-refractivity contribution in [2.24, 2.45) is 0 Å². The molecule has 0 aliphatic rings. The lowest BCUT2D eigenvalue weighted by Crippen LogP contribution is -2.00. The quantitative estimate of drug-likeness (QED) is 0.526. The highest BCUT2D eigenvalue weighted by Gasteiger charge is 2.09. The number of alkyl halides is 1. The van der Waals surface area contributed by atoms with E-state index >= 15 is 0 Å². The van der Waals surface area contributed by atoms with Gasteiger partial charge in [-0.1, -0.05) is 22.6 Å². The normalized spacial score (nSPS) is 9.69. The molecule has 1 aromatic carbocycles. The molecule has 0 spiro atoms. The number of phenolic OH excluding ortho intramolecular Hbond substituents is 1. The van der Waals surface area contributed by atoms with Crippen molar-refractivity contribution < 1.29 is 14.6 Å². The predicted molar refractivity (Wildman–Crippen MR) is 57.9 cm³/mol. The van der Waals surface area contributed by atoms with Crippen LogP contribution >= 0.6 is 22.6 Å². The Morgan fingerprint density at radius 3 is 2.77 bits per heavy atom. The van der Waals surface area contributed by atoms with E-state index in [1.165, 1.54) is 13.2 Å². The Morgan fingerprint density at radius 2 is 2.31 bits per heavy atom. The van der Waals surface area contributed by atoms with Crippen molar-refractivity contribution in [2.45, 2.75) is 0 Å². The minimum Gasteiger partial charge on any atom is -0.507 e. The predicted octanol–water partition coefficient (Wildman–Crippen LogP) is 2.02. The SMILES string of the molecule is COc1ccc(C(=O)CI)c(O)c1. The van der Waals surface area contributed by atoms with E-state index < -0.39 is 0 Å². The first-order valence-corrected chi connectivity index (χ1v) is 5.17. The second-order valence-electron chi connectivity index (χ2n) is 2.44. The fraction of sp³-hybridized carbons (Fsp3) is 0.222. The number of methoxy groups -OCH3 is 1. The van der Waals surface area contributed by atoms with Crippen LogP contribution in [0, 0.1) is 0 Å². The Morgan fingerprint density at radius 1 is 1.62 bits per heavy atom. The molecule has 0 saturated heterocycles. The van der Waals surface area contributed by atoms with Crippen molar-refractivity contribution >= 4 is 28.4 Å². The molecule has 0 aliphatic carbocycles. The Bertz CT molecular complexity index is 323. The standard InChI is InChI=1S/C9H9IO3/c1-13-6-2-3-7(8(11)4-6)9(12)5-10/h2-4,11H,5H2,1H3. The molecule has 70 valence electrons. The average molecular weight is 292 g/mol. The lowest BCUT2D eigenvalue weighted by Gasteiger charge is -2.03. The van der Waals surface area contributed by atoms with Crippen LogP contribution in [-0.2, 0) is 0 Å². The first-order chi connectivity index (χ1) is 6.19. The van der Waals surface area contributed by atoms with E-state index in [1.54, 1.807) is 12.1 Å². The first-order valence-electron chi connectivity index (χ1n) is 3.65. The van der Waals surface area contributed by atoms with Gasteiger partial charge in [-0.25, -0.2) is 0 Å². The number of ketones is 1. The number of carbonyl (C=O) groups is 1. The van der Waals surface area contributed by atoms with E-state index in [0.29, 0.717) is 15.7 Å². The minimum absolute atomic E-state index is 0.0268. The molecule has 0 radical (unpaired) electrons. The van der Waals surface area contributed by atoms with E-state index in [2.05, 4.69) is 0 Å². The molecule has 0 aromatic heterocycles. The summed E-state index contributed by atoms with van der Waals surface area (Å²) in [5, 5.41) is 9.42. The molecule has 0 amide bonds. The molecule has 0 fully saturated rings. The maximum absolute atomic E-state index is 11.2. The molecule has 3 nitrogen and oxygen atoms in total. The van der Waals surface area contributed by atoms with Gasteiger partial charge in [0.2, 0.25) is 0 Å². The van der Waals surface area contributed by atoms with Gasteiger partial charge in [-0.15, -0.1) is 0 Å². The topological polar surface area (TPSA) is 46.5 Å². The van der Waals surface area contributed by atoms with E-state index in [0.717, 1.165) is 0 Å². The molecule has 1 aromatic rings. The molecule has 0 heterocycles. The molecule has 1 rings (SSSR count). The zero-order valence-electron chi connectivity index (χ0n) is 7.08. The molecule has 4 heteroatoms. The number of rotatable bonds is 3. The van der Waals surface area contributed by atoms with Crippen LogP contribution in [-0.4, -0.2) is 22.4 Å². The number of Topliss-reactive ketones (excluding diaryl/α,β-unsaturated/α-hetero) is 1. The monoisotopic (exact) mass is 292 g/mol. The fourth-order valence-corrected chi connectivity index (χ4v) is 1.36. The van der Waals surface area contributed by atoms with E-state index in [9.17, 15) is 9.90 Å². The number of aromatic hydroxyl groups is 1. The van der Waals surface area contributed by atoms with Crippen LogP contribution in [0.15, 0.2) is 18.2 Å². The van der Waals surface area contributed by atoms with Crippen molar-refractivity contribution in [3.8, 4) is 11.5 Å². The number of halogens is 1. The van der Waals surface area contributed by atoms with Gasteiger partial charge >= 0.3 is 0 Å². The lowest BCUT2D eigenvalue weighted by molar-refractivity contribution is 0.102. The van der Waals surface area contributed by atoms with Crippen LogP contribution in [0.1, 0.15) is 10.4 Å². The number of ether oxygens (including phenoxy) is 1. The first kappa shape index (κ1) is 10.3. The van der Waals surface area contributed by atoms with Crippen molar-refractivity contribution in [3.63, 3.8) is 0 Å². The van der Waals surface area contributed by atoms with E-state index in [4.69, 9.17) is 4.74 Å². The third-order valence-corrected chi connectivity index (χ3v) is 2.32. The molecular formula is C9H9IO3. The fourth-order valence-electron chi connectivity index (χ4n) is 0.946. The lowest BCUT2D eigenvalue weighted by atomic mass is 10.1. The molecule has 1 N–H and O–H groups in total. The summed E-state index contributed by atoms with van der Waals surface area (Å²) in [6, 6.07) is 4.65. The summed E-state index contributed by atoms with van der Waals surface area (Å²) < 4.78 is 5.25. The summed E-state index contributed by atoms with van der Waals surface area (Å²) in [7, 11) is 1.51. The molecule has 0 atom stereocenters. The number of hydrogen-bond acceptors (Lipinski definition) is 3. The molecule has 0 unspecified atom stereocenters. The summed E-state index contributed by atoms with van der Waals surface area (Å²) in [6.45, 7) is 0. The molecule has 0 saturated carbocycles. The van der Waals surface area contributed by atoms with Gasteiger partial charge in [-0.3, -0.25) is 4.79 Å². The van der Waals surface area contributed by atoms with Crippen molar-refractivity contribution in [1.29, 1.82) is 0 Å². The van der Waals surface area contributed by atoms with Gasteiger partial charge < -0.3 is 9.84 Å². The zero-order valence-corrected chi connectivity index (χ0v) is 9.24. The van der Waals surface area contributed by atoms with Crippen molar-refractivity contribution in [3.05, 3.63) is 23.8 Å². The number of hydrogen-bond donors (Lipinski definition) is 1. The summed E-state index contributed by atoms with van der Waals surface area (Å²) >= 11 is 1.96. The summed E-state index contributed by atoms with van der Waals surface area (Å²) in [4.78, 5) is 11.2. The highest BCUT2D eigenvalue weighted by atomic mass is 127. The second kappa shape index (κ2) is 4.45. The highest BCUT2D eigenvalue weighted by Crippen LogP contribution is 2.23. The maximum atomic E-state index is 11.2. The van der Waals surface area contributed by atoms with Crippen molar-refractivity contribution in [2.75, 3.05) is 11.5 Å². The average Bonchev–Trinajstić information content (AvgIpc) is 2.16. The second-order valence-corrected chi connectivity index (χ2v) is 3.20. The summed E-state index contributed by atoms with van der Waals surface area (Å²) in [5.41, 5.74) is 0.343. The number of carbonyl (C=O) groups excluding carboxylic acids is 1. The van der Waals surface area contributed by atoms with Crippen LogP contribution in [0.3, 0.4) is 0 Å². The Labute approximate surface area is 89.9 Å². The molecule has 0 bridgehead atoms. The van der Waals surface area contributed by atoms with Gasteiger partial charge in [0, 0.05) is 6.07 Å². The Balaban J connectivity index is 3.05. The Kier molecular flexibility index (Phi) is 3.53. The van der Waals surface area contributed by atoms with E-state index in [-0.39, 0.29) is 11.5 Å². The largest absolute Gasteiger partial charge is 0.507 e. The van der Waals surface area contributed by atoms with Crippen molar-refractivity contribution in [1.82, 2.24) is 0 Å². The summed E-state index contributed by atoms with van der Waals surface area (Å²) in [6.07, 6.45) is 0. The van der Waals surface area contributed by atoms with Gasteiger partial charge in [0.1, 0.15) is 11.5 Å². The third-order valence-electron chi connectivity index (χ3n) is 1.63. The molecule has 13 heavy (non-hydrogen) atoms. The van der Waals surface area contributed by atoms with Crippen LogP contribution in [0.5, 0.6) is 11.5 Å². The van der Waals surface area contributed by atoms with Crippen LogP contribution in [0.25, 0.3) is 0 Å². The Hall–Kier alpha value is -0.780. The summed E-state index contributed by atoms with van der Waals surface area (Å²) in [5.74, 6) is 0.435. The molecular weight excluding hydrogens is 283 g/mol. The number of benzene rings is 1. The van der Waals surface area contributed by atoms with Crippen LogP contribution < -0.4 is 4.74 Å². The number of phenols is 1. The smallest absolute Gasteiger partial charge is 0.176 e. The van der Waals surface area contributed by atoms with E-state index in [1.807, 2.05) is 22.6 Å². The van der Waals surface area contributed by atoms with Gasteiger partial charge in [0.25, 0.3) is 0 Å². The van der Waals surface area contributed by atoms with Gasteiger partial charge in [0.05, 0.1) is 17.1 Å². The van der Waals surface area contributed by atoms with Gasteiger partial charge in [-0.05, 0) is 12.1 Å². The molecule has 0 aliphatic heterocycles. The zero-order chi connectivity index (χ0) is 9.84. The minimum atomic E-state index is -0.0826. The maximum Gasteiger partial charge on any atom is 0.176 e. The highest BCUT2D eigenvalue weighted by molar-refractivity contribution is 14.1. The third kappa shape index (κ3) is 2.33. The van der Waals surface area contributed by atoms with Crippen LogP contribution in [0.2, 0.25) is 0 Å². The van der Waals surface area contributed by atoms with Gasteiger partial charge in [-0.2, -0.15) is 0 Å². The van der Waals surface area contributed by atoms with Crippen LogP contribution in [0.4, 0.5) is 0 Å².